The van der Waals surface area contributed by atoms with Crippen molar-refractivity contribution in [2.24, 2.45) is 5.92 Å². The fourth-order valence-electron chi connectivity index (χ4n) is 4.83. The lowest BCUT2D eigenvalue weighted by Crippen LogP contribution is -2.57. The van der Waals surface area contributed by atoms with E-state index in [1.807, 2.05) is 48.8 Å². The predicted molar refractivity (Wildman–Crippen MR) is 133 cm³/mol. The van der Waals surface area contributed by atoms with E-state index >= 15 is 0 Å². The quantitative estimate of drug-likeness (QED) is 0.598. The summed E-state index contributed by atoms with van der Waals surface area (Å²) in [6.45, 7) is 10.2. The van der Waals surface area contributed by atoms with Crippen molar-refractivity contribution in [1.82, 2.24) is 29.6 Å². The van der Waals surface area contributed by atoms with Gasteiger partial charge >= 0.3 is 0 Å². The molecule has 0 radical (unpaired) electrons. The minimum atomic E-state index is -0.560. The summed E-state index contributed by atoms with van der Waals surface area (Å²) in [5.74, 6) is 1.28. The highest BCUT2D eigenvalue weighted by Gasteiger charge is 2.38. The molecule has 5 heterocycles. The van der Waals surface area contributed by atoms with Gasteiger partial charge in [0.2, 0.25) is 11.9 Å². The van der Waals surface area contributed by atoms with Gasteiger partial charge in [0.1, 0.15) is 10.7 Å². The van der Waals surface area contributed by atoms with Crippen molar-refractivity contribution in [2.45, 2.75) is 32.4 Å². The minimum Gasteiger partial charge on any atom is -0.353 e. The molecule has 10 heteroatoms. The molecule has 0 bridgehead atoms. The Morgan fingerprint density at radius 2 is 1.94 bits per heavy atom. The van der Waals surface area contributed by atoms with Gasteiger partial charge in [-0.1, -0.05) is 17.7 Å². The molecule has 5 rings (SSSR count). The first-order valence-corrected chi connectivity index (χ1v) is 12.1. The Morgan fingerprint density at radius 3 is 2.71 bits per heavy atom. The van der Waals surface area contributed by atoms with E-state index < -0.39 is 5.54 Å². The van der Waals surface area contributed by atoms with E-state index in [-0.39, 0.29) is 11.8 Å². The lowest BCUT2D eigenvalue weighted by molar-refractivity contribution is -0.127. The first kappa shape index (κ1) is 22.9. The second-order valence-electron chi connectivity index (χ2n) is 9.93. The van der Waals surface area contributed by atoms with Crippen LogP contribution in [0.2, 0.25) is 5.02 Å². The van der Waals surface area contributed by atoms with Crippen LogP contribution in [0, 0.1) is 5.92 Å². The van der Waals surface area contributed by atoms with Crippen LogP contribution in [0.15, 0.2) is 36.8 Å². The first-order valence-electron chi connectivity index (χ1n) is 11.7. The Bertz CT molecular complexity index is 1200. The zero-order valence-electron chi connectivity index (χ0n) is 20.1. The molecule has 2 saturated heterocycles. The third-order valence-electron chi connectivity index (χ3n) is 6.85. The maximum absolute atomic E-state index is 13.1. The van der Waals surface area contributed by atoms with Gasteiger partial charge in [-0.3, -0.25) is 4.79 Å². The molecule has 0 aliphatic carbocycles. The monoisotopic (exact) mass is 482 g/mol. The average Bonchev–Trinajstić information content (AvgIpc) is 3.19. The van der Waals surface area contributed by atoms with Crippen molar-refractivity contribution >= 4 is 34.9 Å². The molecule has 34 heavy (non-hydrogen) atoms. The number of halogens is 1. The summed E-state index contributed by atoms with van der Waals surface area (Å²) < 4.78 is 2.01. The summed E-state index contributed by atoms with van der Waals surface area (Å²) in [5, 5.41) is 3.72. The molecule has 0 spiro atoms. The number of carbonyl (C=O) groups excluding carboxylic acids is 1. The molecule has 0 aromatic carbocycles. The molecule has 2 fully saturated rings. The minimum absolute atomic E-state index is 0.0187. The Hall–Kier alpha value is -2.91. The van der Waals surface area contributed by atoms with Crippen LogP contribution in [0.3, 0.4) is 0 Å². The first-order chi connectivity index (χ1) is 16.2. The summed E-state index contributed by atoms with van der Waals surface area (Å²) in [4.78, 5) is 33.4. The van der Waals surface area contributed by atoms with Crippen LogP contribution in [-0.2, 0) is 10.3 Å². The Labute approximate surface area is 204 Å². The summed E-state index contributed by atoms with van der Waals surface area (Å²) in [6, 6.07) is 6.19. The van der Waals surface area contributed by atoms with Crippen molar-refractivity contribution in [3.8, 4) is 0 Å². The number of pyridine rings is 1. The Balaban J connectivity index is 1.25. The number of amides is 1. The number of rotatable bonds is 5. The smallest absolute Gasteiger partial charge is 0.227 e. The molecule has 2 aliphatic rings. The van der Waals surface area contributed by atoms with Crippen LogP contribution in [0.4, 0.5) is 11.8 Å². The van der Waals surface area contributed by atoms with E-state index in [1.54, 1.807) is 6.20 Å². The van der Waals surface area contributed by atoms with Gasteiger partial charge in [-0.2, -0.15) is 4.98 Å². The largest absolute Gasteiger partial charge is 0.353 e. The number of nitrogens with zero attached hydrogens (tertiary/aromatic N) is 7. The van der Waals surface area contributed by atoms with Crippen molar-refractivity contribution in [3.63, 3.8) is 0 Å². The number of aromatic nitrogens is 4. The summed E-state index contributed by atoms with van der Waals surface area (Å²) in [5.41, 5.74) is 1.24. The standard InChI is InChI=1S/C24H31ClN8O/c1-16-13-30(4)9-10-32(16)23-27-11-18(25)21(28-23)31-14-17(15-31)22(34)29-24(2,3)19-12-26-20-7-5-6-8-33(19)20/h5-8,11-12,16-17H,9-10,13-15H2,1-4H3,(H,29,34). The van der Waals surface area contributed by atoms with Crippen LogP contribution in [-0.4, -0.2) is 76.0 Å². The third kappa shape index (κ3) is 4.18. The highest BCUT2D eigenvalue weighted by Crippen LogP contribution is 2.32. The third-order valence-corrected chi connectivity index (χ3v) is 7.11. The van der Waals surface area contributed by atoms with E-state index in [2.05, 4.69) is 44.0 Å². The molecule has 180 valence electrons. The fourth-order valence-corrected chi connectivity index (χ4v) is 5.04. The van der Waals surface area contributed by atoms with Gasteiger partial charge in [-0.25, -0.2) is 9.97 Å². The van der Waals surface area contributed by atoms with Crippen molar-refractivity contribution in [1.29, 1.82) is 0 Å². The van der Waals surface area contributed by atoms with Crippen molar-refractivity contribution in [2.75, 3.05) is 49.6 Å². The van der Waals surface area contributed by atoms with Crippen LogP contribution in [0.1, 0.15) is 26.5 Å². The number of piperazine rings is 1. The van der Waals surface area contributed by atoms with Crippen LogP contribution in [0.25, 0.3) is 5.65 Å². The molecule has 0 saturated carbocycles. The molecule has 3 aromatic rings. The second kappa shape index (κ2) is 8.70. The lowest BCUT2D eigenvalue weighted by atomic mass is 9.95. The molecule has 1 N–H and O–H groups in total. The molecular weight excluding hydrogens is 452 g/mol. The molecule has 9 nitrogen and oxygen atoms in total. The highest BCUT2D eigenvalue weighted by molar-refractivity contribution is 6.32. The zero-order valence-corrected chi connectivity index (χ0v) is 20.8. The van der Waals surface area contributed by atoms with Gasteiger partial charge in [0.15, 0.2) is 5.82 Å². The van der Waals surface area contributed by atoms with Crippen LogP contribution >= 0.6 is 11.6 Å². The maximum Gasteiger partial charge on any atom is 0.227 e. The Kier molecular flexibility index (Phi) is 5.85. The van der Waals surface area contributed by atoms with Gasteiger partial charge in [-0.05, 0) is 40.0 Å². The molecule has 1 atom stereocenters. The van der Waals surface area contributed by atoms with E-state index in [0.717, 1.165) is 31.0 Å². The predicted octanol–water partition coefficient (Wildman–Crippen LogP) is 2.41. The number of nitrogens with one attached hydrogen (secondary N) is 1. The number of likely N-dealkylation sites (N-methyl/N-ethyl adjacent to an activating group) is 1. The van der Waals surface area contributed by atoms with Gasteiger partial charge in [0.25, 0.3) is 0 Å². The van der Waals surface area contributed by atoms with Gasteiger partial charge < -0.3 is 24.4 Å². The van der Waals surface area contributed by atoms with Gasteiger partial charge in [0.05, 0.1) is 29.5 Å². The van der Waals surface area contributed by atoms with E-state index in [4.69, 9.17) is 16.6 Å². The normalized spacial score (nSPS) is 20.0. The molecular formula is C24H31ClN8O. The summed E-state index contributed by atoms with van der Waals surface area (Å²) in [6.07, 6.45) is 5.46. The number of hydrogen-bond donors (Lipinski definition) is 1. The maximum atomic E-state index is 13.1. The highest BCUT2D eigenvalue weighted by atomic mass is 35.5. The number of carbonyl (C=O) groups is 1. The molecule has 1 amide bonds. The zero-order chi connectivity index (χ0) is 24.0. The van der Waals surface area contributed by atoms with E-state index in [9.17, 15) is 4.79 Å². The number of imidazole rings is 1. The topological polar surface area (TPSA) is 81.9 Å². The summed E-state index contributed by atoms with van der Waals surface area (Å²) >= 11 is 6.46. The SMILES string of the molecule is CC1CN(C)CCN1c1ncc(Cl)c(N2CC(C(=O)NC(C)(C)c3cnc4ccccn34)C2)n1. The van der Waals surface area contributed by atoms with E-state index in [0.29, 0.717) is 35.9 Å². The number of fused-ring (bicyclic) bond motifs is 1. The molecule has 3 aromatic heterocycles. The fraction of sp³-hybridized carbons (Fsp3) is 0.500. The molecule has 2 aliphatic heterocycles. The summed E-state index contributed by atoms with van der Waals surface area (Å²) in [7, 11) is 2.13. The second-order valence-corrected chi connectivity index (χ2v) is 10.3. The lowest BCUT2D eigenvalue weighted by Gasteiger charge is -2.42. The average molecular weight is 483 g/mol. The van der Waals surface area contributed by atoms with Crippen LogP contribution in [0.5, 0.6) is 0 Å². The van der Waals surface area contributed by atoms with Crippen LogP contribution < -0.4 is 15.1 Å². The van der Waals surface area contributed by atoms with Gasteiger partial charge in [-0.15, -0.1) is 0 Å². The number of hydrogen-bond acceptors (Lipinski definition) is 7. The number of anilines is 2. The van der Waals surface area contributed by atoms with Gasteiger partial charge in [0, 0.05) is 45.0 Å². The molecule has 1 unspecified atom stereocenters. The van der Waals surface area contributed by atoms with Crippen molar-refractivity contribution in [3.05, 3.63) is 47.5 Å². The van der Waals surface area contributed by atoms with Crippen molar-refractivity contribution < 1.29 is 4.79 Å². The van der Waals surface area contributed by atoms with E-state index in [1.165, 1.54) is 0 Å². The Morgan fingerprint density at radius 1 is 1.15 bits per heavy atom.